The molecule has 4 aromatic rings. The summed E-state index contributed by atoms with van der Waals surface area (Å²) in [5.74, 6) is 2.12. The summed E-state index contributed by atoms with van der Waals surface area (Å²) < 4.78 is 1.91. The normalized spacial score (nSPS) is 14.3. The molecule has 0 bridgehead atoms. The zero-order valence-electron chi connectivity index (χ0n) is 15.6. The fourth-order valence-electron chi connectivity index (χ4n) is 3.93. The number of fused-ring (bicyclic) bond motifs is 4. The summed E-state index contributed by atoms with van der Waals surface area (Å²) in [5.41, 5.74) is 10.3. The van der Waals surface area contributed by atoms with Crippen LogP contribution in [0.2, 0.25) is 0 Å². The van der Waals surface area contributed by atoms with Gasteiger partial charge >= 0.3 is 0 Å². The predicted octanol–water partition coefficient (Wildman–Crippen LogP) is 3.55. The zero-order valence-corrected chi connectivity index (χ0v) is 15.6. The van der Waals surface area contributed by atoms with Gasteiger partial charge in [0.15, 0.2) is 17.3 Å². The van der Waals surface area contributed by atoms with Crippen molar-refractivity contribution in [2.75, 3.05) is 17.2 Å². The van der Waals surface area contributed by atoms with Crippen LogP contribution in [0.1, 0.15) is 36.7 Å². The summed E-state index contributed by atoms with van der Waals surface area (Å²) >= 11 is 0. The molecule has 2 aromatic carbocycles. The van der Waals surface area contributed by atoms with Crippen LogP contribution in [0.5, 0.6) is 0 Å². The van der Waals surface area contributed by atoms with E-state index in [-0.39, 0.29) is 5.92 Å². The molecule has 6 heteroatoms. The van der Waals surface area contributed by atoms with Gasteiger partial charge in [-0.25, -0.2) is 0 Å². The van der Waals surface area contributed by atoms with Crippen molar-refractivity contribution < 1.29 is 0 Å². The minimum absolute atomic E-state index is 0.253. The smallest absolute Gasteiger partial charge is 0.185 e. The Kier molecular flexibility index (Phi) is 3.53. The van der Waals surface area contributed by atoms with Gasteiger partial charge in [0.1, 0.15) is 0 Å². The molecule has 0 radical (unpaired) electrons. The van der Waals surface area contributed by atoms with E-state index in [4.69, 9.17) is 10.8 Å². The first-order valence-electron chi connectivity index (χ1n) is 9.38. The molecule has 27 heavy (non-hydrogen) atoms. The Morgan fingerprint density at radius 3 is 2.63 bits per heavy atom. The van der Waals surface area contributed by atoms with Crippen LogP contribution >= 0.6 is 0 Å². The number of nitrogen functional groups attached to an aromatic ring is 1. The van der Waals surface area contributed by atoms with Gasteiger partial charge in [-0.3, -0.25) is 0 Å². The Bertz CT molecular complexity index is 1160. The molecule has 6 nitrogen and oxygen atoms in total. The first-order valence-corrected chi connectivity index (χ1v) is 9.38. The van der Waals surface area contributed by atoms with E-state index in [0.717, 1.165) is 53.3 Å². The number of nitrogens with two attached hydrogens (primary N) is 1. The maximum absolute atomic E-state index is 6.02. The number of aromatic nitrogens is 4. The van der Waals surface area contributed by atoms with E-state index in [1.54, 1.807) is 0 Å². The average Bonchev–Trinajstić information content (AvgIpc) is 3.11. The standard InChI is InChI=1S/C21H22N6/c1-13(2)19-23-24-20-17-5-3-4-6-18(17)21(25-27(19)20)26-10-9-14-7-8-16(22)11-15(14)12-26/h3-8,11,13H,9-10,12,22H2,1-2H3. The molecule has 0 aliphatic carbocycles. The molecular weight excluding hydrogens is 336 g/mol. The van der Waals surface area contributed by atoms with Crippen molar-refractivity contribution in [3.05, 3.63) is 59.4 Å². The van der Waals surface area contributed by atoms with Crippen LogP contribution in [-0.4, -0.2) is 26.4 Å². The molecule has 0 amide bonds. The molecule has 0 fully saturated rings. The molecule has 0 saturated heterocycles. The number of rotatable bonds is 2. The van der Waals surface area contributed by atoms with Gasteiger partial charge in [0.05, 0.1) is 0 Å². The Balaban J connectivity index is 1.71. The van der Waals surface area contributed by atoms with Crippen molar-refractivity contribution in [1.29, 1.82) is 0 Å². The van der Waals surface area contributed by atoms with Gasteiger partial charge in [-0.2, -0.15) is 4.52 Å². The highest BCUT2D eigenvalue weighted by atomic mass is 15.4. The number of hydrogen-bond acceptors (Lipinski definition) is 5. The SMILES string of the molecule is CC(C)c1nnc2c3ccccc3c(N3CCc4ccc(N)cc4C3)nn12. The molecule has 136 valence electrons. The Morgan fingerprint density at radius 2 is 1.81 bits per heavy atom. The second-order valence-electron chi connectivity index (χ2n) is 7.52. The fraction of sp³-hybridized carbons (Fsp3) is 0.286. The molecule has 5 rings (SSSR count). The third kappa shape index (κ3) is 2.51. The monoisotopic (exact) mass is 358 g/mol. The van der Waals surface area contributed by atoms with Gasteiger partial charge in [-0.15, -0.1) is 15.3 Å². The highest BCUT2D eigenvalue weighted by molar-refractivity contribution is 6.00. The van der Waals surface area contributed by atoms with Crippen molar-refractivity contribution in [3.8, 4) is 0 Å². The van der Waals surface area contributed by atoms with E-state index in [1.165, 1.54) is 11.1 Å². The van der Waals surface area contributed by atoms with E-state index in [0.29, 0.717) is 0 Å². The summed E-state index contributed by atoms with van der Waals surface area (Å²) in [6.07, 6.45) is 0.989. The van der Waals surface area contributed by atoms with Crippen LogP contribution in [0.15, 0.2) is 42.5 Å². The number of nitrogens with zero attached hydrogens (tertiary/aromatic N) is 5. The van der Waals surface area contributed by atoms with Crippen LogP contribution in [0.3, 0.4) is 0 Å². The zero-order chi connectivity index (χ0) is 18.5. The second kappa shape index (κ2) is 5.94. The summed E-state index contributed by atoms with van der Waals surface area (Å²) in [6, 6.07) is 14.5. The fourth-order valence-corrected chi connectivity index (χ4v) is 3.93. The largest absolute Gasteiger partial charge is 0.399 e. The number of benzene rings is 2. The molecule has 1 aliphatic heterocycles. The lowest BCUT2D eigenvalue weighted by molar-refractivity contribution is 0.689. The second-order valence-corrected chi connectivity index (χ2v) is 7.52. The van der Waals surface area contributed by atoms with Crippen molar-refractivity contribution in [2.45, 2.75) is 32.7 Å². The lowest BCUT2D eigenvalue weighted by Gasteiger charge is -2.30. The average molecular weight is 358 g/mol. The van der Waals surface area contributed by atoms with Crippen molar-refractivity contribution in [1.82, 2.24) is 19.8 Å². The predicted molar refractivity (Wildman–Crippen MR) is 108 cm³/mol. The molecular formula is C21H22N6. The van der Waals surface area contributed by atoms with Crippen molar-refractivity contribution in [2.24, 2.45) is 0 Å². The third-order valence-electron chi connectivity index (χ3n) is 5.33. The Morgan fingerprint density at radius 1 is 1.00 bits per heavy atom. The van der Waals surface area contributed by atoms with Crippen molar-refractivity contribution in [3.63, 3.8) is 0 Å². The van der Waals surface area contributed by atoms with E-state index in [1.807, 2.05) is 16.6 Å². The molecule has 0 atom stereocenters. The molecule has 1 aliphatic rings. The Hall–Kier alpha value is -3.15. The minimum atomic E-state index is 0.253. The highest BCUT2D eigenvalue weighted by Crippen LogP contribution is 2.32. The van der Waals surface area contributed by atoms with Gasteiger partial charge in [0, 0.05) is 35.5 Å². The van der Waals surface area contributed by atoms with E-state index in [2.05, 4.69) is 59.3 Å². The van der Waals surface area contributed by atoms with Crippen molar-refractivity contribution >= 4 is 27.9 Å². The number of hydrogen-bond donors (Lipinski definition) is 1. The van der Waals surface area contributed by atoms with Gasteiger partial charge in [0.25, 0.3) is 0 Å². The first-order chi connectivity index (χ1) is 13.1. The maximum Gasteiger partial charge on any atom is 0.185 e. The summed E-state index contributed by atoms with van der Waals surface area (Å²) in [6.45, 7) is 5.97. The molecule has 2 aromatic heterocycles. The third-order valence-corrected chi connectivity index (χ3v) is 5.33. The van der Waals surface area contributed by atoms with E-state index < -0.39 is 0 Å². The quantitative estimate of drug-likeness (QED) is 0.555. The van der Waals surface area contributed by atoms with Crippen LogP contribution < -0.4 is 10.6 Å². The molecule has 3 heterocycles. The highest BCUT2D eigenvalue weighted by Gasteiger charge is 2.22. The van der Waals surface area contributed by atoms with Gasteiger partial charge in [-0.1, -0.05) is 44.2 Å². The van der Waals surface area contributed by atoms with Gasteiger partial charge in [-0.05, 0) is 29.7 Å². The first kappa shape index (κ1) is 16.1. The van der Waals surface area contributed by atoms with E-state index >= 15 is 0 Å². The summed E-state index contributed by atoms with van der Waals surface area (Å²) in [5, 5.41) is 16.0. The summed E-state index contributed by atoms with van der Waals surface area (Å²) in [4.78, 5) is 2.34. The Labute approximate surface area is 157 Å². The van der Waals surface area contributed by atoms with Crippen LogP contribution in [0.25, 0.3) is 16.4 Å². The maximum atomic E-state index is 6.02. The minimum Gasteiger partial charge on any atom is -0.399 e. The van der Waals surface area contributed by atoms with Crippen LogP contribution in [0.4, 0.5) is 11.5 Å². The lowest BCUT2D eigenvalue weighted by atomic mass is 9.99. The summed E-state index contributed by atoms with van der Waals surface area (Å²) in [7, 11) is 0. The number of anilines is 2. The van der Waals surface area contributed by atoms with Gasteiger partial charge < -0.3 is 10.6 Å². The topological polar surface area (TPSA) is 72.3 Å². The molecule has 2 N–H and O–H groups in total. The van der Waals surface area contributed by atoms with Crippen LogP contribution in [0, 0.1) is 0 Å². The van der Waals surface area contributed by atoms with Gasteiger partial charge in [0.2, 0.25) is 0 Å². The van der Waals surface area contributed by atoms with Crippen LogP contribution in [-0.2, 0) is 13.0 Å². The van der Waals surface area contributed by atoms with E-state index in [9.17, 15) is 0 Å². The molecule has 0 spiro atoms. The molecule has 0 unspecified atom stereocenters. The lowest BCUT2D eigenvalue weighted by Crippen LogP contribution is -2.31. The molecule has 0 saturated carbocycles.